The second-order valence-corrected chi connectivity index (χ2v) is 9.49. The number of hydrogen-bond donors (Lipinski definition) is 1. The van der Waals surface area contributed by atoms with Crippen LogP contribution in [0.2, 0.25) is 5.02 Å². The van der Waals surface area contributed by atoms with Crippen molar-refractivity contribution in [2.75, 3.05) is 16.2 Å². The smallest absolute Gasteiger partial charge is 0.262 e. The lowest BCUT2D eigenvalue weighted by atomic mass is 10.2. The second kappa shape index (κ2) is 7.09. The van der Waals surface area contributed by atoms with Gasteiger partial charge in [0.05, 0.1) is 21.3 Å². The first kappa shape index (κ1) is 19.0. The topological polar surface area (TPSA) is 66.5 Å². The summed E-state index contributed by atoms with van der Waals surface area (Å²) < 4.78 is 40.9. The molecule has 138 valence electrons. The largest absolute Gasteiger partial charge is 0.310 e. The third-order valence-corrected chi connectivity index (χ3v) is 6.68. The number of amides is 1. The summed E-state index contributed by atoms with van der Waals surface area (Å²) in [5, 5.41) is 0.172. The lowest BCUT2D eigenvalue weighted by molar-refractivity contribution is -0.116. The highest BCUT2D eigenvalue weighted by molar-refractivity contribution is 8.00. The Morgan fingerprint density at radius 1 is 1.31 bits per heavy atom. The van der Waals surface area contributed by atoms with Gasteiger partial charge in [-0.1, -0.05) is 18.5 Å². The summed E-state index contributed by atoms with van der Waals surface area (Å²) in [6.45, 7) is 3.96. The monoisotopic (exact) mass is 414 g/mol. The van der Waals surface area contributed by atoms with Crippen molar-refractivity contribution in [3.05, 3.63) is 47.2 Å². The fourth-order valence-corrected chi connectivity index (χ4v) is 5.12. The summed E-state index contributed by atoms with van der Waals surface area (Å²) in [6.07, 6.45) is 0. The van der Waals surface area contributed by atoms with Crippen LogP contribution >= 0.6 is 23.4 Å². The SMILES string of the molecule is CC(=O)N1CC(C)Sc2ccc(S(=O)(=O)Nc3ccc(F)cc3Cl)cc21. The molecule has 26 heavy (non-hydrogen) atoms. The van der Waals surface area contributed by atoms with E-state index < -0.39 is 15.8 Å². The number of hydrogen-bond acceptors (Lipinski definition) is 4. The van der Waals surface area contributed by atoms with Gasteiger partial charge < -0.3 is 4.90 Å². The highest BCUT2D eigenvalue weighted by Crippen LogP contribution is 2.40. The minimum Gasteiger partial charge on any atom is -0.310 e. The van der Waals surface area contributed by atoms with Gasteiger partial charge in [0, 0.05) is 23.6 Å². The van der Waals surface area contributed by atoms with Gasteiger partial charge in [-0.05, 0) is 36.4 Å². The van der Waals surface area contributed by atoms with Crippen molar-refractivity contribution in [1.29, 1.82) is 0 Å². The van der Waals surface area contributed by atoms with Crippen LogP contribution in [0.4, 0.5) is 15.8 Å². The molecule has 1 atom stereocenters. The summed E-state index contributed by atoms with van der Waals surface area (Å²) in [5.41, 5.74) is 0.644. The molecule has 1 N–H and O–H groups in total. The van der Waals surface area contributed by atoms with Gasteiger partial charge >= 0.3 is 0 Å². The molecular formula is C17H16ClFN2O3S2. The summed E-state index contributed by atoms with van der Waals surface area (Å²) >= 11 is 7.48. The number of sulfonamides is 1. The minimum absolute atomic E-state index is 0.00181. The minimum atomic E-state index is -3.95. The van der Waals surface area contributed by atoms with Gasteiger partial charge in [-0.25, -0.2) is 12.8 Å². The fraction of sp³-hybridized carbons (Fsp3) is 0.235. The number of carbonyl (C=O) groups is 1. The molecule has 1 aliphatic heterocycles. The van der Waals surface area contributed by atoms with Crippen molar-refractivity contribution in [3.63, 3.8) is 0 Å². The predicted molar refractivity (Wildman–Crippen MR) is 102 cm³/mol. The van der Waals surface area contributed by atoms with Crippen molar-refractivity contribution in [3.8, 4) is 0 Å². The van der Waals surface area contributed by atoms with Crippen molar-refractivity contribution in [1.82, 2.24) is 0 Å². The molecule has 2 aromatic carbocycles. The van der Waals surface area contributed by atoms with Crippen LogP contribution in [0.5, 0.6) is 0 Å². The van der Waals surface area contributed by atoms with Gasteiger partial charge in [-0.15, -0.1) is 11.8 Å². The Balaban J connectivity index is 1.98. The third-order valence-electron chi connectivity index (χ3n) is 3.85. The van der Waals surface area contributed by atoms with Crippen molar-refractivity contribution < 1.29 is 17.6 Å². The van der Waals surface area contributed by atoms with Crippen LogP contribution in [0.15, 0.2) is 46.2 Å². The van der Waals surface area contributed by atoms with E-state index in [1.807, 2.05) is 6.92 Å². The molecule has 0 aromatic heterocycles. The average molecular weight is 415 g/mol. The molecule has 1 unspecified atom stereocenters. The lowest BCUT2D eigenvalue weighted by Crippen LogP contribution is -2.37. The number of halogens is 2. The van der Waals surface area contributed by atoms with Crippen molar-refractivity contribution in [2.24, 2.45) is 0 Å². The van der Waals surface area contributed by atoms with Gasteiger partial charge in [0.15, 0.2) is 0 Å². The molecule has 0 saturated heterocycles. The van der Waals surface area contributed by atoms with Crippen LogP contribution in [0.3, 0.4) is 0 Å². The van der Waals surface area contributed by atoms with Gasteiger partial charge in [-0.3, -0.25) is 9.52 Å². The fourth-order valence-electron chi connectivity index (χ4n) is 2.66. The Morgan fingerprint density at radius 3 is 2.69 bits per heavy atom. The maximum absolute atomic E-state index is 13.1. The normalized spacial score (nSPS) is 16.9. The van der Waals surface area contributed by atoms with E-state index in [2.05, 4.69) is 4.72 Å². The van der Waals surface area contributed by atoms with E-state index in [0.717, 1.165) is 17.0 Å². The lowest BCUT2D eigenvalue weighted by Gasteiger charge is -2.32. The highest BCUT2D eigenvalue weighted by atomic mass is 35.5. The number of fused-ring (bicyclic) bond motifs is 1. The van der Waals surface area contributed by atoms with Crippen molar-refractivity contribution >= 4 is 50.7 Å². The molecule has 9 heteroatoms. The summed E-state index contributed by atoms with van der Waals surface area (Å²) in [7, 11) is -3.95. The zero-order valence-corrected chi connectivity index (χ0v) is 16.4. The first-order valence-corrected chi connectivity index (χ1v) is 10.5. The summed E-state index contributed by atoms with van der Waals surface area (Å²) in [6, 6.07) is 8.03. The van der Waals surface area contributed by atoms with E-state index in [-0.39, 0.29) is 26.8 Å². The summed E-state index contributed by atoms with van der Waals surface area (Å²) in [5.74, 6) is -0.711. The first-order chi connectivity index (χ1) is 12.2. The predicted octanol–water partition coefficient (Wildman–Crippen LogP) is 4.13. The first-order valence-electron chi connectivity index (χ1n) is 7.74. The molecule has 3 rings (SSSR count). The molecule has 0 bridgehead atoms. The standard InChI is InChI=1S/C17H16ClFN2O3S2/c1-10-9-21(11(2)22)16-8-13(4-6-17(16)25-10)26(23,24)20-15-5-3-12(19)7-14(15)18/h3-8,10,20H,9H2,1-2H3. The number of rotatable bonds is 3. The van der Waals surface area contributed by atoms with E-state index >= 15 is 0 Å². The molecule has 2 aromatic rings. The van der Waals surface area contributed by atoms with E-state index in [0.29, 0.717) is 12.2 Å². The van der Waals surface area contributed by atoms with Crippen LogP contribution in [-0.4, -0.2) is 26.1 Å². The number of nitrogens with one attached hydrogen (secondary N) is 1. The van der Waals surface area contributed by atoms with Gasteiger partial charge in [0.1, 0.15) is 5.82 Å². The van der Waals surface area contributed by atoms with Crippen LogP contribution in [-0.2, 0) is 14.8 Å². The molecule has 0 aliphatic carbocycles. The number of anilines is 2. The maximum atomic E-state index is 13.1. The van der Waals surface area contributed by atoms with Gasteiger partial charge in [-0.2, -0.15) is 0 Å². The van der Waals surface area contributed by atoms with Crippen LogP contribution in [0.25, 0.3) is 0 Å². The van der Waals surface area contributed by atoms with Gasteiger partial charge in [0.2, 0.25) is 5.91 Å². The number of carbonyl (C=O) groups excluding carboxylic acids is 1. The Hall–Kier alpha value is -1.77. The average Bonchev–Trinajstić information content (AvgIpc) is 2.56. The van der Waals surface area contributed by atoms with Crippen LogP contribution < -0.4 is 9.62 Å². The Kier molecular flexibility index (Phi) is 5.18. The molecule has 0 radical (unpaired) electrons. The Morgan fingerprint density at radius 2 is 2.04 bits per heavy atom. The molecule has 1 aliphatic rings. The molecule has 1 heterocycles. The molecule has 0 saturated carbocycles. The van der Waals surface area contributed by atoms with E-state index in [1.165, 1.54) is 25.1 Å². The van der Waals surface area contributed by atoms with Crippen LogP contribution in [0.1, 0.15) is 13.8 Å². The number of nitrogens with zero attached hydrogens (tertiary/aromatic N) is 1. The zero-order chi connectivity index (χ0) is 19.1. The molecule has 0 spiro atoms. The molecule has 5 nitrogen and oxygen atoms in total. The quantitative estimate of drug-likeness (QED) is 0.820. The number of benzene rings is 2. The van der Waals surface area contributed by atoms with E-state index in [1.54, 1.807) is 22.7 Å². The second-order valence-electron chi connectivity index (χ2n) is 5.92. The third kappa shape index (κ3) is 3.82. The molecular weight excluding hydrogens is 399 g/mol. The Bertz CT molecular complexity index is 982. The highest BCUT2D eigenvalue weighted by Gasteiger charge is 2.27. The molecule has 1 amide bonds. The van der Waals surface area contributed by atoms with E-state index in [4.69, 9.17) is 11.6 Å². The maximum Gasteiger partial charge on any atom is 0.262 e. The summed E-state index contributed by atoms with van der Waals surface area (Å²) in [4.78, 5) is 14.3. The van der Waals surface area contributed by atoms with E-state index in [9.17, 15) is 17.6 Å². The van der Waals surface area contributed by atoms with Crippen molar-refractivity contribution in [2.45, 2.75) is 28.9 Å². The van der Waals surface area contributed by atoms with Gasteiger partial charge in [0.25, 0.3) is 10.0 Å². The zero-order valence-electron chi connectivity index (χ0n) is 14.0. The molecule has 0 fully saturated rings. The number of thioether (sulfide) groups is 1. The van der Waals surface area contributed by atoms with Crippen LogP contribution in [0, 0.1) is 5.82 Å². The Labute approximate surface area is 160 Å².